The van der Waals surface area contributed by atoms with Crippen molar-refractivity contribution < 1.29 is 15.4 Å². The molecule has 1 aliphatic rings. The fourth-order valence-electron chi connectivity index (χ4n) is 2.74. The molecule has 84 valence electrons. The van der Waals surface area contributed by atoms with Gasteiger partial charge >= 0.3 is 0 Å². The van der Waals surface area contributed by atoms with Crippen molar-refractivity contribution in [2.24, 2.45) is 11.8 Å². The first-order valence-electron chi connectivity index (χ1n) is 5.01. The maximum atomic E-state index is 10.00. The van der Waals surface area contributed by atoms with Gasteiger partial charge in [-0.3, -0.25) is 0 Å². The second-order valence-corrected chi connectivity index (χ2v) is 5.20. The molecule has 0 aliphatic carbocycles. The number of rotatable bonds is 2. The monoisotopic (exact) mass is 203 g/mol. The van der Waals surface area contributed by atoms with E-state index in [0.29, 0.717) is 0 Å². The lowest BCUT2D eigenvalue weighted by molar-refractivity contribution is -0.201. The summed E-state index contributed by atoms with van der Waals surface area (Å²) in [5.74, 6) is -0.208. The Morgan fingerprint density at radius 2 is 1.21 bits per heavy atom. The van der Waals surface area contributed by atoms with E-state index < -0.39 is 11.1 Å². The highest BCUT2D eigenvalue weighted by Gasteiger charge is 2.57. The number of aliphatic hydroxyl groups is 2. The molecule has 0 aromatic heterocycles. The van der Waals surface area contributed by atoms with Crippen LogP contribution < -0.4 is 0 Å². The Bertz CT molecular complexity index is 193. The molecule has 0 amide bonds. The highest BCUT2D eigenvalue weighted by Crippen LogP contribution is 2.47. The summed E-state index contributed by atoms with van der Waals surface area (Å²) in [4.78, 5) is 0. The lowest BCUT2D eigenvalue weighted by Crippen LogP contribution is -2.48. The van der Waals surface area contributed by atoms with E-state index in [1.807, 2.05) is 27.7 Å². The van der Waals surface area contributed by atoms with Gasteiger partial charge in [0, 0.05) is 36.1 Å². The van der Waals surface area contributed by atoms with Gasteiger partial charge in [0.15, 0.2) is 0 Å². The Hall–Kier alpha value is -0.160. The van der Waals surface area contributed by atoms with Crippen LogP contribution in [0.2, 0.25) is 0 Å². The predicted molar refractivity (Wildman–Crippen MR) is 52.9 cm³/mol. The smallest absolute Gasteiger partial charge is 0.0481 e. The maximum Gasteiger partial charge on any atom is 0.0481 e. The molecular formula is C10H21NO3. The van der Waals surface area contributed by atoms with Crippen molar-refractivity contribution in [3.05, 3.63) is 0 Å². The van der Waals surface area contributed by atoms with Gasteiger partial charge in [-0.15, -0.1) is 0 Å². The van der Waals surface area contributed by atoms with Crippen LogP contribution in [0.5, 0.6) is 0 Å². The van der Waals surface area contributed by atoms with Crippen LogP contribution in [0.15, 0.2) is 0 Å². The summed E-state index contributed by atoms with van der Waals surface area (Å²) >= 11 is 0. The van der Waals surface area contributed by atoms with E-state index in [-0.39, 0.29) is 25.0 Å². The molecule has 4 nitrogen and oxygen atoms in total. The van der Waals surface area contributed by atoms with E-state index >= 15 is 0 Å². The second-order valence-electron chi connectivity index (χ2n) is 5.20. The molecule has 1 rings (SSSR count). The van der Waals surface area contributed by atoms with Gasteiger partial charge in [-0.2, -0.15) is 5.06 Å². The average molecular weight is 203 g/mol. The summed E-state index contributed by atoms with van der Waals surface area (Å²) in [7, 11) is 0. The molecule has 14 heavy (non-hydrogen) atoms. The molecule has 2 unspecified atom stereocenters. The van der Waals surface area contributed by atoms with Gasteiger partial charge in [-0.25, -0.2) is 0 Å². The minimum Gasteiger partial charge on any atom is -0.396 e. The number of hydrogen-bond donors (Lipinski definition) is 3. The van der Waals surface area contributed by atoms with E-state index in [4.69, 9.17) is 0 Å². The minimum absolute atomic E-state index is 0.0152. The largest absolute Gasteiger partial charge is 0.396 e. The highest BCUT2D eigenvalue weighted by molar-refractivity contribution is 5.07. The molecule has 3 N–H and O–H groups in total. The van der Waals surface area contributed by atoms with Crippen molar-refractivity contribution in [3.63, 3.8) is 0 Å². The SMILES string of the molecule is CC1(C)C(CO)C(CO)C(C)(C)N1O. The third-order valence-electron chi connectivity index (χ3n) is 3.79. The summed E-state index contributed by atoms with van der Waals surface area (Å²) < 4.78 is 0. The van der Waals surface area contributed by atoms with Crippen molar-refractivity contribution in [2.45, 2.75) is 38.8 Å². The van der Waals surface area contributed by atoms with Gasteiger partial charge in [0.25, 0.3) is 0 Å². The van der Waals surface area contributed by atoms with Gasteiger partial charge in [0.05, 0.1) is 0 Å². The zero-order valence-electron chi connectivity index (χ0n) is 9.36. The van der Waals surface area contributed by atoms with Crippen molar-refractivity contribution in [1.82, 2.24) is 5.06 Å². The van der Waals surface area contributed by atoms with Crippen LogP contribution in [0.1, 0.15) is 27.7 Å². The van der Waals surface area contributed by atoms with Gasteiger partial charge in [0.1, 0.15) is 0 Å². The topological polar surface area (TPSA) is 63.9 Å². The first-order chi connectivity index (χ1) is 6.30. The molecule has 0 bridgehead atoms. The van der Waals surface area contributed by atoms with Crippen LogP contribution >= 0.6 is 0 Å². The number of aliphatic hydroxyl groups excluding tert-OH is 2. The quantitative estimate of drug-likeness (QED) is 0.610. The Kier molecular flexibility index (Phi) is 2.94. The fraction of sp³-hybridized carbons (Fsp3) is 1.00. The summed E-state index contributed by atoms with van der Waals surface area (Å²) in [6.45, 7) is 7.49. The third kappa shape index (κ3) is 1.37. The highest BCUT2D eigenvalue weighted by atomic mass is 16.5. The molecule has 0 aromatic rings. The van der Waals surface area contributed by atoms with Crippen LogP contribution in [-0.4, -0.2) is 44.8 Å². The molecule has 1 aliphatic heterocycles. The fourth-order valence-corrected chi connectivity index (χ4v) is 2.74. The molecule has 2 atom stereocenters. The molecule has 1 heterocycles. The Labute approximate surface area is 85.1 Å². The Balaban J connectivity index is 3.07. The zero-order chi connectivity index (χ0) is 11.1. The molecule has 0 aromatic carbocycles. The molecule has 1 fully saturated rings. The standard InChI is InChI=1S/C10H21NO3/c1-9(2)7(5-12)8(6-13)10(3,4)11(9)14/h7-8,12-14H,5-6H2,1-4H3. The van der Waals surface area contributed by atoms with Crippen LogP contribution in [0.4, 0.5) is 0 Å². The van der Waals surface area contributed by atoms with Crippen molar-refractivity contribution >= 4 is 0 Å². The Morgan fingerprint density at radius 3 is 1.43 bits per heavy atom. The lowest BCUT2D eigenvalue weighted by Gasteiger charge is -2.36. The van der Waals surface area contributed by atoms with Gasteiger partial charge < -0.3 is 15.4 Å². The van der Waals surface area contributed by atoms with Crippen molar-refractivity contribution in [3.8, 4) is 0 Å². The van der Waals surface area contributed by atoms with Gasteiger partial charge in [-0.05, 0) is 27.7 Å². The van der Waals surface area contributed by atoms with Gasteiger partial charge in [-0.1, -0.05) is 0 Å². The number of hydroxylamine groups is 2. The maximum absolute atomic E-state index is 10.00. The number of hydrogen-bond acceptors (Lipinski definition) is 4. The summed E-state index contributed by atoms with van der Waals surface area (Å²) in [5.41, 5.74) is -0.989. The minimum atomic E-state index is -0.494. The molecule has 0 spiro atoms. The molecule has 0 radical (unpaired) electrons. The van der Waals surface area contributed by atoms with Crippen LogP contribution in [0.25, 0.3) is 0 Å². The van der Waals surface area contributed by atoms with Crippen LogP contribution in [0.3, 0.4) is 0 Å². The molecule has 1 saturated heterocycles. The molecule has 0 saturated carbocycles. The van der Waals surface area contributed by atoms with E-state index in [2.05, 4.69) is 0 Å². The van der Waals surface area contributed by atoms with Gasteiger partial charge in [0.2, 0.25) is 0 Å². The summed E-state index contributed by atoms with van der Waals surface area (Å²) in [5, 5.41) is 29.9. The first kappa shape index (κ1) is 11.9. The van der Waals surface area contributed by atoms with Crippen LogP contribution in [0, 0.1) is 11.8 Å². The van der Waals surface area contributed by atoms with E-state index in [1.165, 1.54) is 5.06 Å². The number of nitrogens with zero attached hydrogens (tertiary/aromatic N) is 1. The molecular weight excluding hydrogens is 182 g/mol. The summed E-state index contributed by atoms with van der Waals surface area (Å²) in [6, 6.07) is 0. The lowest BCUT2D eigenvalue weighted by atomic mass is 9.78. The second kappa shape index (κ2) is 3.45. The van der Waals surface area contributed by atoms with Crippen molar-refractivity contribution in [2.75, 3.05) is 13.2 Å². The zero-order valence-corrected chi connectivity index (χ0v) is 9.36. The predicted octanol–water partition coefficient (Wildman–Crippen LogP) is 0.465. The summed E-state index contributed by atoms with van der Waals surface area (Å²) in [6.07, 6.45) is 0. The van der Waals surface area contributed by atoms with Crippen LogP contribution in [-0.2, 0) is 0 Å². The van der Waals surface area contributed by atoms with E-state index in [9.17, 15) is 15.4 Å². The van der Waals surface area contributed by atoms with E-state index in [1.54, 1.807) is 0 Å². The third-order valence-corrected chi connectivity index (χ3v) is 3.79. The Morgan fingerprint density at radius 1 is 0.929 bits per heavy atom. The average Bonchev–Trinajstić information content (AvgIpc) is 2.22. The first-order valence-corrected chi connectivity index (χ1v) is 5.01. The molecule has 4 heteroatoms. The van der Waals surface area contributed by atoms with E-state index in [0.717, 1.165) is 0 Å². The van der Waals surface area contributed by atoms with Crippen molar-refractivity contribution in [1.29, 1.82) is 0 Å². The normalized spacial score (nSPS) is 36.2.